The summed E-state index contributed by atoms with van der Waals surface area (Å²) in [4.78, 5) is 15.9. The molecule has 0 N–H and O–H groups in total. The van der Waals surface area contributed by atoms with Crippen molar-refractivity contribution in [2.45, 2.75) is 0 Å². The van der Waals surface area contributed by atoms with Gasteiger partial charge in [0.2, 0.25) is 0 Å². The van der Waals surface area contributed by atoms with E-state index in [1.54, 1.807) is 6.08 Å². The van der Waals surface area contributed by atoms with Gasteiger partial charge < -0.3 is 9.47 Å². The average molecular weight is 453 g/mol. The lowest BCUT2D eigenvalue weighted by Crippen LogP contribution is -2.21. The molecular formula is C32H24N2O. The van der Waals surface area contributed by atoms with E-state index in [1.165, 1.54) is 5.57 Å². The highest BCUT2D eigenvalue weighted by Gasteiger charge is 2.26. The van der Waals surface area contributed by atoms with Crippen LogP contribution in [0.25, 0.3) is 27.5 Å². The fourth-order valence-corrected chi connectivity index (χ4v) is 4.86. The first-order valence-electron chi connectivity index (χ1n) is 11.7. The summed E-state index contributed by atoms with van der Waals surface area (Å²) < 4.78 is 2.16. The molecule has 0 aliphatic heterocycles. The number of hydrogen-bond donors (Lipinski definition) is 0. The molecule has 1 aromatic heterocycles. The molecule has 0 bridgehead atoms. The number of para-hydroxylation sites is 2. The molecule has 4 aromatic rings. The Morgan fingerprint density at radius 3 is 2.46 bits per heavy atom. The topological polar surface area (TPSA) is 25.2 Å². The summed E-state index contributed by atoms with van der Waals surface area (Å²) in [5.74, 6) is 0.456. The zero-order valence-corrected chi connectivity index (χ0v) is 19.3. The highest BCUT2D eigenvalue weighted by atomic mass is 16.1. The van der Waals surface area contributed by atoms with E-state index in [2.05, 4.69) is 65.1 Å². The van der Waals surface area contributed by atoms with E-state index in [9.17, 15) is 4.79 Å². The zero-order valence-electron chi connectivity index (χ0n) is 19.3. The quantitative estimate of drug-likeness (QED) is 0.228. The summed E-state index contributed by atoms with van der Waals surface area (Å²) in [5, 5.41) is 1.36. The molecule has 0 radical (unpaired) electrons. The van der Waals surface area contributed by atoms with Crippen molar-refractivity contribution < 1.29 is 0 Å². The first-order valence-corrected chi connectivity index (χ1v) is 11.7. The zero-order chi connectivity index (χ0) is 23.9. The van der Waals surface area contributed by atoms with Crippen molar-refractivity contribution in [3.63, 3.8) is 0 Å². The standard InChI is InChI=1S/C32H24N2O/c1-3-10-24(4-2)33(26-16-15-22-19-23(22)20-26)27-17-18-31-29(21-27)32(35)28-13-8-9-14-30(28)34(31)25-11-6-5-7-12-25/h3-22H,1-2H2/b24-10+. The molecule has 1 heterocycles. The Morgan fingerprint density at radius 2 is 1.69 bits per heavy atom. The summed E-state index contributed by atoms with van der Waals surface area (Å²) in [7, 11) is 0. The molecule has 168 valence electrons. The van der Waals surface area contributed by atoms with Gasteiger partial charge in [-0.1, -0.05) is 61.7 Å². The van der Waals surface area contributed by atoms with Gasteiger partial charge in [-0.3, -0.25) is 4.79 Å². The van der Waals surface area contributed by atoms with Crippen LogP contribution in [0.1, 0.15) is 0 Å². The molecule has 3 nitrogen and oxygen atoms in total. The SMILES string of the molecule is C=C/C=C(\C=C)N(C1=CC2=CC2C=C1)c1ccc2c(c1)c(=O)c1ccccc1n2-c1ccccc1. The third-order valence-electron chi connectivity index (χ3n) is 6.58. The average Bonchev–Trinajstić information content (AvgIpc) is 3.68. The molecule has 0 saturated heterocycles. The van der Waals surface area contributed by atoms with E-state index in [1.807, 2.05) is 66.7 Å². The van der Waals surface area contributed by atoms with Gasteiger partial charge >= 0.3 is 0 Å². The Labute approximate surface area is 204 Å². The molecular weight excluding hydrogens is 428 g/mol. The van der Waals surface area contributed by atoms with Gasteiger partial charge in [-0.2, -0.15) is 0 Å². The number of nitrogens with zero attached hydrogens (tertiary/aromatic N) is 2. The number of allylic oxidation sites excluding steroid dienone is 8. The van der Waals surface area contributed by atoms with Crippen LogP contribution in [-0.2, 0) is 0 Å². The predicted octanol–water partition coefficient (Wildman–Crippen LogP) is 7.22. The normalized spacial score (nSPS) is 16.5. The maximum Gasteiger partial charge on any atom is 0.197 e. The molecule has 2 aliphatic carbocycles. The molecule has 1 atom stereocenters. The number of hydrogen-bond acceptors (Lipinski definition) is 2. The fraction of sp³-hybridized carbons (Fsp3) is 0.0312. The van der Waals surface area contributed by atoms with E-state index < -0.39 is 0 Å². The van der Waals surface area contributed by atoms with Crippen LogP contribution in [0.2, 0.25) is 0 Å². The lowest BCUT2D eigenvalue weighted by atomic mass is 10.1. The second kappa shape index (κ2) is 8.30. The van der Waals surface area contributed by atoms with Crippen LogP contribution < -0.4 is 10.3 Å². The largest absolute Gasteiger partial charge is 0.311 e. The second-order valence-electron chi connectivity index (χ2n) is 8.71. The fourth-order valence-electron chi connectivity index (χ4n) is 4.86. The van der Waals surface area contributed by atoms with Gasteiger partial charge in [0.25, 0.3) is 0 Å². The molecule has 0 spiro atoms. The Balaban J connectivity index is 1.64. The minimum Gasteiger partial charge on any atom is -0.311 e. The molecule has 2 aliphatic rings. The first-order chi connectivity index (χ1) is 17.2. The number of aromatic nitrogens is 1. The summed E-state index contributed by atoms with van der Waals surface area (Å²) in [6.45, 7) is 7.92. The molecule has 3 aromatic carbocycles. The van der Waals surface area contributed by atoms with Crippen LogP contribution >= 0.6 is 0 Å². The van der Waals surface area contributed by atoms with Crippen molar-refractivity contribution in [1.82, 2.24) is 4.57 Å². The lowest BCUT2D eigenvalue weighted by molar-refractivity contribution is 1.09. The first kappa shape index (κ1) is 20.9. The van der Waals surface area contributed by atoms with Crippen molar-refractivity contribution in [2.24, 2.45) is 5.92 Å². The van der Waals surface area contributed by atoms with Crippen LogP contribution in [0, 0.1) is 5.92 Å². The molecule has 1 unspecified atom stereocenters. The second-order valence-corrected chi connectivity index (χ2v) is 8.71. The molecule has 0 amide bonds. The highest BCUT2D eigenvalue weighted by molar-refractivity contribution is 5.97. The molecule has 6 rings (SSSR count). The minimum atomic E-state index is 0.0237. The number of fused-ring (bicyclic) bond motifs is 3. The maximum absolute atomic E-state index is 13.7. The molecule has 3 heteroatoms. The van der Waals surface area contributed by atoms with Crippen molar-refractivity contribution in [3.8, 4) is 5.69 Å². The number of pyridine rings is 1. The maximum atomic E-state index is 13.7. The Morgan fingerprint density at radius 1 is 0.914 bits per heavy atom. The van der Waals surface area contributed by atoms with Crippen molar-refractivity contribution in [3.05, 3.63) is 156 Å². The molecule has 0 saturated carbocycles. The smallest absolute Gasteiger partial charge is 0.197 e. The van der Waals surface area contributed by atoms with Gasteiger partial charge in [0, 0.05) is 39.5 Å². The van der Waals surface area contributed by atoms with Gasteiger partial charge in [0.05, 0.1) is 11.0 Å². The third-order valence-corrected chi connectivity index (χ3v) is 6.58. The van der Waals surface area contributed by atoms with Gasteiger partial charge in [-0.05, 0) is 72.3 Å². The van der Waals surface area contributed by atoms with E-state index in [4.69, 9.17) is 0 Å². The van der Waals surface area contributed by atoms with Crippen LogP contribution in [0.4, 0.5) is 5.69 Å². The lowest BCUT2D eigenvalue weighted by Gasteiger charge is -2.28. The van der Waals surface area contributed by atoms with Crippen LogP contribution in [0.3, 0.4) is 0 Å². The Kier molecular flexibility index (Phi) is 4.97. The van der Waals surface area contributed by atoms with Gasteiger partial charge in [-0.25, -0.2) is 0 Å². The number of rotatable bonds is 6. The minimum absolute atomic E-state index is 0.0237. The molecule has 0 fully saturated rings. The van der Waals surface area contributed by atoms with Crippen molar-refractivity contribution in [2.75, 3.05) is 4.90 Å². The molecule has 35 heavy (non-hydrogen) atoms. The third kappa shape index (κ3) is 3.49. The van der Waals surface area contributed by atoms with Crippen molar-refractivity contribution >= 4 is 27.5 Å². The summed E-state index contributed by atoms with van der Waals surface area (Å²) >= 11 is 0. The van der Waals surface area contributed by atoms with Crippen LogP contribution in [0.5, 0.6) is 0 Å². The number of anilines is 1. The monoisotopic (exact) mass is 452 g/mol. The van der Waals surface area contributed by atoms with Gasteiger partial charge in [0.15, 0.2) is 5.43 Å². The van der Waals surface area contributed by atoms with E-state index in [0.29, 0.717) is 16.7 Å². The van der Waals surface area contributed by atoms with E-state index in [-0.39, 0.29) is 5.43 Å². The summed E-state index contributed by atoms with van der Waals surface area (Å²) in [6.07, 6.45) is 14.3. The van der Waals surface area contributed by atoms with Gasteiger partial charge in [0.1, 0.15) is 0 Å². The summed E-state index contributed by atoms with van der Waals surface area (Å²) in [5.41, 5.74) is 6.93. The highest BCUT2D eigenvalue weighted by Crippen LogP contribution is 2.39. The van der Waals surface area contributed by atoms with E-state index >= 15 is 0 Å². The van der Waals surface area contributed by atoms with Crippen LogP contribution in [0.15, 0.2) is 150 Å². The Bertz CT molecular complexity index is 1700. The van der Waals surface area contributed by atoms with Crippen LogP contribution in [-0.4, -0.2) is 4.57 Å². The van der Waals surface area contributed by atoms with Crippen molar-refractivity contribution in [1.29, 1.82) is 0 Å². The van der Waals surface area contributed by atoms with E-state index in [0.717, 1.165) is 33.8 Å². The summed E-state index contributed by atoms with van der Waals surface area (Å²) in [6, 6.07) is 24.1. The predicted molar refractivity (Wildman–Crippen MR) is 147 cm³/mol. The number of benzene rings is 3. The van der Waals surface area contributed by atoms with Gasteiger partial charge in [-0.15, -0.1) is 0 Å². The Hall–Kier alpha value is -4.63.